The van der Waals surface area contributed by atoms with Crippen molar-refractivity contribution in [3.05, 3.63) is 65.4 Å². The zero-order valence-corrected chi connectivity index (χ0v) is 19.3. The van der Waals surface area contributed by atoms with Crippen molar-refractivity contribution in [1.29, 1.82) is 0 Å². The predicted molar refractivity (Wildman–Crippen MR) is 130 cm³/mol. The Kier molecular flexibility index (Phi) is 5.68. The lowest BCUT2D eigenvalue weighted by Gasteiger charge is -2.19. The molecule has 0 bridgehead atoms. The Morgan fingerprint density at radius 1 is 1.18 bits per heavy atom. The number of benzene rings is 2. The molecule has 1 aliphatic rings. The second-order valence-electron chi connectivity index (χ2n) is 8.44. The Bertz CT molecular complexity index is 1320. The number of nitrogens with one attached hydrogen (secondary N) is 1. The van der Waals surface area contributed by atoms with Gasteiger partial charge in [0.25, 0.3) is 5.91 Å². The first-order valence-electron chi connectivity index (χ1n) is 11.0. The SMILES string of the molecule is Cc1nc(NC(C)c2cccc(OC(C(N)=O)C3CC3)c2)cc(-c2ccc3ncsc3c2)n1. The van der Waals surface area contributed by atoms with Crippen LogP contribution in [0.3, 0.4) is 0 Å². The number of amides is 1. The van der Waals surface area contributed by atoms with E-state index in [2.05, 4.69) is 33.3 Å². The van der Waals surface area contributed by atoms with Gasteiger partial charge in [-0.2, -0.15) is 0 Å². The summed E-state index contributed by atoms with van der Waals surface area (Å²) in [5.74, 6) is 1.91. The molecule has 2 unspecified atom stereocenters. The maximum Gasteiger partial charge on any atom is 0.258 e. The number of hydrogen-bond acceptors (Lipinski definition) is 7. The lowest BCUT2D eigenvalue weighted by Crippen LogP contribution is -2.35. The maximum atomic E-state index is 11.8. The molecule has 1 aliphatic carbocycles. The topological polar surface area (TPSA) is 103 Å². The number of nitrogens with two attached hydrogens (primary N) is 1. The lowest BCUT2D eigenvalue weighted by atomic mass is 10.1. The molecule has 3 N–H and O–H groups in total. The van der Waals surface area contributed by atoms with Crippen molar-refractivity contribution in [3.63, 3.8) is 0 Å². The summed E-state index contributed by atoms with van der Waals surface area (Å²) in [6.45, 7) is 3.95. The number of aromatic nitrogens is 3. The van der Waals surface area contributed by atoms with E-state index in [9.17, 15) is 4.79 Å². The first-order chi connectivity index (χ1) is 16.0. The quantitative estimate of drug-likeness (QED) is 0.389. The van der Waals surface area contributed by atoms with Crippen LogP contribution in [-0.2, 0) is 4.79 Å². The van der Waals surface area contributed by atoms with Crippen molar-refractivity contribution in [2.45, 2.75) is 38.8 Å². The van der Waals surface area contributed by atoms with E-state index in [4.69, 9.17) is 10.5 Å². The molecule has 33 heavy (non-hydrogen) atoms. The minimum absolute atomic E-state index is 0.0346. The highest BCUT2D eigenvalue weighted by atomic mass is 32.1. The van der Waals surface area contributed by atoms with Crippen LogP contribution in [0.15, 0.2) is 54.0 Å². The molecule has 0 spiro atoms. The molecule has 4 aromatic rings. The minimum atomic E-state index is -0.563. The Morgan fingerprint density at radius 3 is 2.82 bits per heavy atom. The van der Waals surface area contributed by atoms with Crippen LogP contribution in [-0.4, -0.2) is 27.0 Å². The van der Waals surface area contributed by atoms with Crippen molar-refractivity contribution < 1.29 is 9.53 Å². The van der Waals surface area contributed by atoms with E-state index in [-0.39, 0.29) is 12.0 Å². The summed E-state index contributed by atoms with van der Waals surface area (Å²) in [6.07, 6.45) is 1.40. The molecule has 1 saturated carbocycles. The van der Waals surface area contributed by atoms with E-state index in [0.29, 0.717) is 11.6 Å². The second kappa shape index (κ2) is 8.78. The number of rotatable bonds is 8. The van der Waals surface area contributed by atoms with E-state index < -0.39 is 12.0 Å². The van der Waals surface area contributed by atoms with Gasteiger partial charge in [0.2, 0.25) is 0 Å². The van der Waals surface area contributed by atoms with Gasteiger partial charge in [0.05, 0.1) is 27.5 Å². The minimum Gasteiger partial charge on any atom is -0.480 e. The summed E-state index contributed by atoms with van der Waals surface area (Å²) in [5, 5.41) is 3.47. The van der Waals surface area contributed by atoms with Crippen molar-refractivity contribution in [1.82, 2.24) is 15.0 Å². The zero-order valence-electron chi connectivity index (χ0n) is 18.5. The van der Waals surface area contributed by atoms with Crippen LogP contribution in [0.25, 0.3) is 21.5 Å². The lowest BCUT2D eigenvalue weighted by molar-refractivity contribution is -0.125. The molecule has 2 aromatic heterocycles. The van der Waals surface area contributed by atoms with E-state index in [0.717, 1.165) is 45.7 Å². The van der Waals surface area contributed by atoms with E-state index in [1.807, 2.05) is 54.9 Å². The third-order valence-corrected chi connectivity index (χ3v) is 6.57. The average Bonchev–Trinajstić information content (AvgIpc) is 3.52. The number of fused-ring (bicyclic) bond motifs is 1. The molecule has 5 rings (SSSR count). The summed E-state index contributed by atoms with van der Waals surface area (Å²) in [7, 11) is 0. The largest absolute Gasteiger partial charge is 0.480 e. The number of anilines is 1. The fourth-order valence-corrected chi connectivity index (χ4v) is 4.61. The Labute approximate surface area is 196 Å². The van der Waals surface area contributed by atoms with E-state index in [1.165, 1.54) is 0 Å². The number of hydrogen-bond donors (Lipinski definition) is 2. The van der Waals surface area contributed by atoms with Gasteiger partial charge >= 0.3 is 0 Å². The third-order valence-electron chi connectivity index (χ3n) is 5.78. The van der Waals surface area contributed by atoms with E-state index >= 15 is 0 Å². The highest BCUT2D eigenvalue weighted by Crippen LogP contribution is 2.35. The summed E-state index contributed by atoms with van der Waals surface area (Å²) in [5.41, 5.74) is 11.3. The van der Waals surface area contributed by atoms with Crippen LogP contribution in [0, 0.1) is 12.8 Å². The van der Waals surface area contributed by atoms with Gasteiger partial charge in [-0.05, 0) is 56.5 Å². The molecule has 0 aliphatic heterocycles. The van der Waals surface area contributed by atoms with Crippen LogP contribution in [0.1, 0.15) is 37.2 Å². The van der Waals surface area contributed by atoms with Crippen LogP contribution < -0.4 is 15.8 Å². The molecule has 168 valence electrons. The number of thiazole rings is 1. The first-order valence-corrected chi connectivity index (χ1v) is 11.9. The fraction of sp³-hybridized carbons (Fsp3) is 0.280. The molecule has 7 nitrogen and oxygen atoms in total. The normalized spacial score (nSPS) is 15.2. The number of nitrogens with zero attached hydrogens (tertiary/aromatic N) is 3. The summed E-state index contributed by atoms with van der Waals surface area (Å²) in [6, 6.07) is 15.8. The van der Waals surface area contributed by atoms with Crippen LogP contribution >= 0.6 is 11.3 Å². The highest BCUT2D eigenvalue weighted by Gasteiger charge is 2.36. The predicted octanol–water partition coefficient (Wildman–Crippen LogP) is 4.88. The van der Waals surface area contributed by atoms with Crippen LogP contribution in [0.4, 0.5) is 5.82 Å². The first kappa shape index (κ1) is 21.3. The maximum absolute atomic E-state index is 11.8. The summed E-state index contributed by atoms with van der Waals surface area (Å²) in [4.78, 5) is 25.3. The molecule has 8 heteroatoms. The molecule has 1 fully saturated rings. The number of ether oxygens (including phenoxy) is 1. The Hall–Kier alpha value is -3.52. The smallest absolute Gasteiger partial charge is 0.258 e. The Morgan fingerprint density at radius 2 is 2.03 bits per heavy atom. The number of aryl methyl sites for hydroxylation is 1. The van der Waals surface area contributed by atoms with E-state index in [1.54, 1.807) is 11.3 Å². The molecular weight excluding hydrogens is 434 g/mol. The van der Waals surface area contributed by atoms with Crippen molar-refractivity contribution in [2.24, 2.45) is 11.7 Å². The molecule has 1 amide bonds. The van der Waals surface area contributed by atoms with Gasteiger partial charge in [-0.25, -0.2) is 15.0 Å². The Balaban J connectivity index is 1.35. The van der Waals surface area contributed by atoms with Gasteiger partial charge in [-0.15, -0.1) is 11.3 Å². The number of primary amides is 1. The van der Waals surface area contributed by atoms with Crippen molar-refractivity contribution in [3.8, 4) is 17.0 Å². The summed E-state index contributed by atoms with van der Waals surface area (Å²) >= 11 is 1.61. The molecule has 2 heterocycles. The van der Waals surface area contributed by atoms with Gasteiger partial charge in [0, 0.05) is 17.5 Å². The van der Waals surface area contributed by atoms with Crippen molar-refractivity contribution >= 4 is 33.3 Å². The molecule has 2 aromatic carbocycles. The van der Waals surface area contributed by atoms with Gasteiger partial charge in [0.1, 0.15) is 17.4 Å². The van der Waals surface area contributed by atoms with Gasteiger partial charge < -0.3 is 15.8 Å². The van der Waals surface area contributed by atoms with Crippen LogP contribution in [0.2, 0.25) is 0 Å². The molecular formula is C25H25N5O2S. The zero-order chi connectivity index (χ0) is 22.9. The molecule has 2 atom stereocenters. The number of carbonyl (C=O) groups excluding carboxylic acids is 1. The standard InChI is InChI=1S/C25H25N5O2S/c1-14(17-4-3-5-19(10-17)32-24(25(26)31)16-6-7-16)28-23-12-21(29-15(2)30-23)18-8-9-20-22(11-18)33-13-27-20/h3-5,8-14,16,24H,6-7H2,1-2H3,(H2,26,31)(H,28,29,30). The summed E-state index contributed by atoms with van der Waals surface area (Å²) < 4.78 is 7.06. The second-order valence-corrected chi connectivity index (χ2v) is 9.32. The molecule has 0 radical (unpaired) electrons. The van der Waals surface area contributed by atoms with Crippen LogP contribution in [0.5, 0.6) is 5.75 Å². The highest BCUT2D eigenvalue weighted by molar-refractivity contribution is 7.16. The fourth-order valence-electron chi connectivity index (χ4n) is 3.90. The molecule has 0 saturated heterocycles. The van der Waals surface area contributed by atoms with Crippen molar-refractivity contribution in [2.75, 3.05) is 5.32 Å². The van der Waals surface area contributed by atoms with Gasteiger partial charge in [-0.1, -0.05) is 18.2 Å². The average molecular weight is 460 g/mol. The monoisotopic (exact) mass is 459 g/mol. The third kappa shape index (κ3) is 4.80. The van der Waals surface area contributed by atoms with Gasteiger partial charge in [0.15, 0.2) is 6.10 Å². The number of carbonyl (C=O) groups is 1. The van der Waals surface area contributed by atoms with Gasteiger partial charge in [-0.3, -0.25) is 4.79 Å².